The van der Waals surface area contributed by atoms with E-state index in [1.807, 2.05) is 18.2 Å². The van der Waals surface area contributed by atoms with Crippen LogP contribution in [0.1, 0.15) is 0 Å². The molecule has 3 heteroatoms. The van der Waals surface area contributed by atoms with E-state index in [0.29, 0.717) is 0 Å². The fourth-order valence-electron chi connectivity index (χ4n) is 5.05. The summed E-state index contributed by atoms with van der Waals surface area (Å²) in [5.41, 5.74) is 7.04. The van der Waals surface area contributed by atoms with Gasteiger partial charge in [-0.3, -0.25) is 4.98 Å². The van der Waals surface area contributed by atoms with E-state index in [4.69, 9.17) is 9.97 Å². The number of para-hydroxylation sites is 1. The number of nitrogens with zero attached hydrogens (tertiary/aromatic N) is 3. The lowest BCUT2D eigenvalue weighted by Crippen LogP contribution is -1.92. The van der Waals surface area contributed by atoms with Crippen LogP contribution in [0.4, 0.5) is 0 Å². The monoisotopic (exact) mass is 459 g/mol. The lowest BCUT2D eigenvalue weighted by atomic mass is 9.94. The molecule has 4 aromatic carbocycles. The normalized spacial score (nSPS) is 11.3. The van der Waals surface area contributed by atoms with Crippen LogP contribution in [0.5, 0.6) is 0 Å². The Morgan fingerprint density at radius 3 is 2.06 bits per heavy atom. The van der Waals surface area contributed by atoms with Gasteiger partial charge in [0, 0.05) is 45.2 Å². The number of pyridine rings is 3. The molecule has 0 radical (unpaired) electrons. The Kier molecular flexibility index (Phi) is 4.78. The van der Waals surface area contributed by atoms with Gasteiger partial charge in [-0.1, -0.05) is 78.9 Å². The number of hydrogen-bond acceptors (Lipinski definition) is 3. The summed E-state index contributed by atoms with van der Waals surface area (Å²) in [4.78, 5) is 14.2. The van der Waals surface area contributed by atoms with Crippen LogP contribution in [0.15, 0.2) is 128 Å². The minimum absolute atomic E-state index is 0.932. The maximum Gasteiger partial charge on any atom is 0.0788 e. The van der Waals surface area contributed by atoms with E-state index in [1.165, 1.54) is 21.5 Å². The van der Waals surface area contributed by atoms with Gasteiger partial charge in [0.15, 0.2) is 0 Å². The Hall–Kier alpha value is -4.89. The van der Waals surface area contributed by atoms with Crippen LogP contribution in [0, 0.1) is 0 Å². The number of rotatable bonds is 3. The molecule has 0 fully saturated rings. The SMILES string of the molecule is c1cc(-c2cccc(-c3ccncc3)n2)cc(-c2nc3ccccc3c3c2ccc2ccccc23)c1. The fourth-order valence-corrected chi connectivity index (χ4v) is 5.05. The molecule has 0 N–H and O–H groups in total. The van der Waals surface area contributed by atoms with Crippen molar-refractivity contribution in [1.82, 2.24) is 15.0 Å². The van der Waals surface area contributed by atoms with Crippen molar-refractivity contribution in [2.24, 2.45) is 0 Å². The van der Waals surface area contributed by atoms with Crippen molar-refractivity contribution in [3.63, 3.8) is 0 Å². The minimum atomic E-state index is 0.932. The molecule has 3 nitrogen and oxygen atoms in total. The molecular weight excluding hydrogens is 438 g/mol. The van der Waals surface area contributed by atoms with Gasteiger partial charge in [0.1, 0.15) is 0 Å². The summed E-state index contributed by atoms with van der Waals surface area (Å²) in [6, 6.07) is 40.1. The average Bonchev–Trinajstić information content (AvgIpc) is 2.97. The highest BCUT2D eigenvalue weighted by molar-refractivity contribution is 6.22. The largest absolute Gasteiger partial charge is 0.265 e. The zero-order chi connectivity index (χ0) is 23.9. The van der Waals surface area contributed by atoms with Crippen LogP contribution < -0.4 is 0 Å². The maximum absolute atomic E-state index is 5.15. The fraction of sp³-hybridized carbons (Fsp3) is 0. The molecule has 7 aromatic rings. The van der Waals surface area contributed by atoms with E-state index < -0.39 is 0 Å². The van der Waals surface area contributed by atoms with Gasteiger partial charge in [0.05, 0.1) is 22.6 Å². The second-order valence-electron chi connectivity index (χ2n) is 8.91. The first-order valence-electron chi connectivity index (χ1n) is 12.0. The molecule has 0 saturated carbocycles. The van der Waals surface area contributed by atoms with Crippen molar-refractivity contribution in [3.05, 3.63) is 128 Å². The molecule has 0 unspecified atom stereocenters. The van der Waals surface area contributed by atoms with E-state index in [0.717, 1.165) is 44.7 Å². The van der Waals surface area contributed by atoms with Gasteiger partial charge in [-0.15, -0.1) is 0 Å². The Balaban J connectivity index is 1.44. The highest BCUT2D eigenvalue weighted by Gasteiger charge is 2.14. The minimum Gasteiger partial charge on any atom is -0.265 e. The van der Waals surface area contributed by atoms with Crippen molar-refractivity contribution in [1.29, 1.82) is 0 Å². The predicted octanol–water partition coefficient (Wildman–Crippen LogP) is 8.33. The third kappa shape index (κ3) is 3.41. The molecule has 0 saturated heterocycles. The first-order valence-corrected chi connectivity index (χ1v) is 12.0. The van der Waals surface area contributed by atoms with E-state index >= 15 is 0 Å². The first kappa shape index (κ1) is 20.5. The number of aromatic nitrogens is 3. The summed E-state index contributed by atoms with van der Waals surface area (Å²) in [6.45, 7) is 0. The molecule has 0 aliphatic carbocycles. The number of benzene rings is 4. The summed E-state index contributed by atoms with van der Waals surface area (Å²) in [7, 11) is 0. The lowest BCUT2D eigenvalue weighted by molar-refractivity contribution is 1.29. The van der Waals surface area contributed by atoms with Gasteiger partial charge in [-0.25, -0.2) is 9.97 Å². The van der Waals surface area contributed by atoms with Gasteiger partial charge in [0.2, 0.25) is 0 Å². The van der Waals surface area contributed by atoms with Crippen molar-refractivity contribution >= 4 is 32.4 Å². The predicted molar refractivity (Wildman–Crippen MR) is 149 cm³/mol. The molecule has 3 heterocycles. The standard InChI is InChI=1S/C33H21N3/c1-2-10-26-22(7-1)15-16-28-32(26)27-11-3-4-12-31(27)36-33(28)25-9-5-8-24(21-25)30-14-6-13-29(35-30)23-17-19-34-20-18-23/h1-21H. The van der Waals surface area contributed by atoms with E-state index in [-0.39, 0.29) is 0 Å². The second-order valence-corrected chi connectivity index (χ2v) is 8.91. The van der Waals surface area contributed by atoms with Crippen LogP contribution in [0.25, 0.3) is 66.2 Å². The average molecular weight is 460 g/mol. The molecule has 7 rings (SSSR count). The van der Waals surface area contributed by atoms with Crippen LogP contribution in [-0.2, 0) is 0 Å². The molecule has 0 atom stereocenters. The van der Waals surface area contributed by atoms with E-state index in [9.17, 15) is 0 Å². The summed E-state index contributed by atoms with van der Waals surface area (Å²) < 4.78 is 0. The van der Waals surface area contributed by atoms with Crippen molar-refractivity contribution in [3.8, 4) is 33.8 Å². The highest BCUT2D eigenvalue weighted by atomic mass is 14.7. The molecule has 0 spiro atoms. The quantitative estimate of drug-likeness (QED) is 0.249. The first-order chi connectivity index (χ1) is 17.8. The molecule has 0 amide bonds. The number of fused-ring (bicyclic) bond motifs is 5. The lowest BCUT2D eigenvalue weighted by Gasteiger charge is -2.13. The Morgan fingerprint density at radius 1 is 0.444 bits per heavy atom. The Morgan fingerprint density at radius 2 is 1.17 bits per heavy atom. The van der Waals surface area contributed by atoms with Crippen molar-refractivity contribution in [2.45, 2.75) is 0 Å². The van der Waals surface area contributed by atoms with Gasteiger partial charge < -0.3 is 0 Å². The molecule has 0 bridgehead atoms. The molecular formula is C33H21N3. The molecule has 168 valence electrons. The zero-order valence-corrected chi connectivity index (χ0v) is 19.5. The molecule has 36 heavy (non-hydrogen) atoms. The topological polar surface area (TPSA) is 38.7 Å². The van der Waals surface area contributed by atoms with Crippen LogP contribution in [-0.4, -0.2) is 15.0 Å². The van der Waals surface area contributed by atoms with Crippen LogP contribution >= 0.6 is 0 Å². The second kappa shape index (κ2) is 8.40. The smallest absolute Gasteiger partial charge is 0.0788 e. The highest BCUT2D eigenvalue weighted by Crippen LogP contribution is 2.37. The Labute approximate surface area is 208 Å². The summed E-state index contributed by atoms with van der Waals surface area (Å²) in [6.07, 6.45) is 3.59. The number of hydrogen-bond donors (Lipinski definition) is 0. The maximum atomic E-state index is 5.15. The van der Waals surface area contributed by atoms with Gasteiger partial charge in [0.25, 0.3) is 0 Å². The molecule has 0 aliphatic heterocycles. The summed E-state index contributed by atoms with van der Waals surface area (Å²) >= 11 is 0. The van der Waals surface area contributed by atoms with Gasteiger partial charge >= 0.3 is 0 Å². The van der Waals surface area contributed by atoms with Gasteiger partial charge in [-0.2, -0.15) is 0 Å². The molecule has 0 aliphatic rings. The van der Waals surface area contributed by atoms with E-state index in [1.54, 1.807) is 12.4 Å². The van der Waals surface area contributed by atoms with E-state index in [2.05, 4.69) is 102 Å². The third-order valence-electron chi connectivity index (χ3n) is 6.75. The van der Waals surface area contributed by atoms with Gasteiger partial charge in [-0.05, 0) is 47.2 Å². The van der Waals surface area contributed by atoms with Crippen LogP contribution in [0.3, 0.4) is 0 Å². The third-order valence-corrected chi connectivity index (χ3v) is 6.75. The Bertz CT molecular complexity index is 1880. The van der Waals surface area contributed by atoms with Crippen molar-refractivity contribution in [2.75, 3.05) is 0 Å². The van der Waals surface area contributed by atoms with Crippen LogP contribution in [0.2, 0.25) is 0 Å². The summed E-state index contributed by atoms with van der Waals surface area (Å²) in [5, 5.41) is 6.06. The van der Waals surface area contributed by atoms with Crippen molar-refractivity contribution < 1.29 is 0 Å². The summed E-state index contributed by atoms with van der Waals surface area (Å²) in [5.74, 6) is 0. The molecule has 3 aromatic heterocycles. The zero-order valence-electron chi connectivity index (χ0n) is 19.5.